The first kappa shape index (κ1) is 20.6. The molecular weight excluding hydrogens is 376 g/mol. The molecule has 5 nitrogen and oxygen atoms in total. The van der Waals surface area contributed by atoms with Crippen LogP contribution in [0.15, 0.2) is 48.5 Å². The molecule has 2 aromatic carbocycles. The highest BCUT2D eigenvalue weighted by atomic mass is 35.5. The van der Waals surface area contributed by atoms with Crippen molar-refractivity contribution in [3.05, 3.63) is 59.1 Å². The summed E-state index contributed by atoms with van der Waals surface area (Å²) in [4.78, 5) is 16.2. The Hall–Kier alpha value is -2.08. The highest BCUT2D eigenvalue weighted by Gasteiger charge is 2.20. The Balaban J connectivity index is 1.41. The van der Waals surface area contributed by atoms with Crippen molar-refractivity contribution in [1.82, 2.24) is 4.90 Å². The highest BCUT2D eigenvalue weighted by Crippen LogP contribution is 2.21. The molecular formula is C22H27ClN2O3. The van der Waals surface area contributed by atoms with Gasteiger partial charge in [-0.3, -0.25) is 9.69 Å². The first-order valence-corrected chi connectivity index (χ1v) is 10.1. The van der Waals surface area contributed by atoms with Crippen LogP contribution in [0.25, 0.3) is 0 Å². The summed E-state index contributed by atoms with van der Waals surface area (Å²) in [6.45, 7) is 6.24. The molecule has 0 aliphatic carbocycles. The molecule has 2 aromatic rings. The van der Waals surface area contributed by atoms with Crippen molar-refractivity contribution in [3.63, 3.8) is 0 Å². The smallest absolute Gasteiger partial charge is 0.162 e. The zero-order valence-corrected chi connectivity index (χ0v) is 16.9. The molecule has 1 N–H and O–H groups in total. The number of anilines is 1. The number of ketones is 1. The van der Waals surface area contributed by atoms with Crippen LogP contribution < -0.4 is 9.64 Å². The van der Waals surface area contributed by atoms with Gasteiger partial charge in [0.1, 0.15) is 18.5 Å². The number of hydrogen-bond donors (Lipinski definition) is 1. The van der Waals surface area contributed by atoms with E-state index in [0.717, 1.165) is 36.9 Å². The molecule has 1 saturated heterocycles. The lowest BCUT2D eigenvalue weighted by atomic mass is 10.1. The first-order chi connectivity index (χ1) is 13.5. The van der Waals surface area contributed by atoms with E-state index in [1.807, 2.05) is 25.1 Å². The molecule has 1 atom stereocenters. The summed E-state index contributed by atoms with van der Waals surface area (Å²) in [6, 6.07) is 15.0. The van der Waals surface area contributed by atoms with Gasteiger partial charge in [0.05, 0.1) is 0 Å². The number of benzene rings is 2. The Bertz CT molecular complexity index is 774. The Morgan fingerprint density at radius 2 is 1.86 bits per heavy atom. The third-order valence-electron chi connectivity index (χ3n) is 4.95. The van der Waals surface area contributed by atoms with Gasteiger partial charge >= 0.3 is 0 Å². The minimum Gasteiger partial charge on any atom is -0.491 e. The van der Waals surface area contributed by atoms with E-state index in [9.17, 15) is 9.90 Å². The number of β-amino-alcohol motifs (C(OH)–C–C–N with tert-alkyl or cyclic N) is 1. The van der Waals surface area contributed by atoms with E-state index in [-0.39, 0.29) is 12.4 Å². The van der Waals surface area contributed by atoms with Gasteiger partial charge in [0.15, 0.2) is 5.78 Å². The molecule has 150 valence electrons. The number of hydrogen-bond acceptors (Lipinski definition) is 5. The standard InChI is InChI=1S/C22H27ClN2O3/c1-2-22(27)17-6-8-21(9-7-17)28-16-20(26)15-24-10-12-25(13-11-24)19-5-3-4-18(23)14-19/h3-9,14,20,26H,2,10-13,15-16H2,1H3. The largest absolute Gasteiger partial charge is 0.491 e. The lowest BCUT2D eigenvalue weighted by molar-refractivity contribution is 0.0663. The van der Waals surface area contributed by atoms with Gasteiger partial charge in [0, 0.05) is 55.4 Å². The number of halogens is 1. The van der Waals surface area contributed by atoms with Crippen LogP contribution in [0.3, 0.4) is 0 Å². The Kier molecular flexibility index (Phi) is 7.31. The van der Waals surface area contributed by atoms with Crippen LogP contribution in [0.5, 0.6) is 5.75 Å². The molecule has 1 unspecified atom stereocenters. The molecule has 0 spiro atoms. The zero-order valence-electron chi connectivity index (χ0n) is 16.2. The second-order valence-corrected chi connectivity index (χ2v) is 7.47. The number of carbonyl (C=O) groups is 1. The molecule has 28 heavy (non-hydrogen) atoms. The number of aliphatic hydroxyl groups is 1. The van der Waals surface area contributed by atoms with Gasteiger partial charge in [0.2, 0.25) is 0 Å². The maximum absolute atomic E-state index is 11.6. The number of rotatable bonds is 8. The van der Waals surface area contributed by atoms with Crippen molar-refractivity contribution < 1.29 is 14.6 Å². The Labute approximate surface area is 171 Å². The highest BCUT2D eigenvalue weighted by molar-refractivity contribution is 6.30. The molecule has 0 radical (unpaired) electrons. The average molecular weight is 403 g/mol. The fraction of sp³-hybridized carbons (Fsp3) is 0.409. The van der Waals surface area contributed by atoms with Crippen LogP contribution >= 0.6 is 11.6 Å². The van der Waals surface area contributed by atoms with Gasteiger partial charge in [-0.15, -0.1) is 0 Å². The van der Waals surface area contributed by atoms with Crippen LogP contribution in [0.4, 0.5) is 5.69 Å². The van der Waals surface area contributed by atoms with E-state index < -0.39 is 6.10 Å². The normalized spacial score (nSPS) is 16.0. The summed E-state index contributed by atoms with van der Waals surface area (Å²) in [6.07, 6.45) is -0.0709. The SMILES string of the molecule is CCC(=O)c1ccc(OCC(O)CN2CCN(c3cccc(Cl)c3)CC2)cc1. The van der Waals surface area contributed by atoms with E-state index >= 15 is 0 Å². The summed E-state index contributed by atoms with van der Waals surface area (Å²) in [5, 5.41) is 11.1. The lowest BCUT2D eigenvalue weighted by Gasteiger charge is -2.36. The van der Waals surface area contributed by atoms with Crippen molar-refractivity contribution in [2.24, 2.45) is 0 Å². The summed E-state index contributed by atoms with van der Waals surface area (Å²) in [5.41, 5.74) is 1.83. The third-order valence-corrected chi connectivity index (χ3v) is 5.19. The third kappa shape index (κ3) is 5.71. The van der Waals surface area contributed by atoms with Crippen LogP contribution in [0, 0.1) is 0 Å². The van der Waals surface area contributed by atoms with E-state index in [4.69, 9.17) is 16.3 Å². The average Bonchev–Trinajstić information content (AvgIpc) is 2.72. The summed E-state index contributed by atoms with van der Waals surface area (Å²) >= 11 is 6.08. The minimum atomic E-state index is -0.560. The molecule has 1 heterocycles. The van der Waals surface area contributed by atoms with Gasteiger partial charge in [-0.2, -0.15) is 0 Å². The van der Waals surface area contributed by atoms with Crippen LogP contribution in [-0.4, -0.2) is 61.2 Å². The summed E-state index contributed by atoms with van der Waals surface area (Å²) in [5.74, 6) is 0.779. The van der Waals surface area contributed by atoms with Crippen LogP contribution in [0.2, 0.25) is 5.02 Å². The number of aliphatic hydroxyl groups excluding tert-OH is 1. The maximum Gasteiger partial charge on any atom is 0.162 e. The van der Waals surface area contributed by atoms with Gasteiger partial charge in [0.25, 0.3) is 0 Å². The number of piperazine rings is 1. The van der Waals surface area contributed by atoms with E-state index in [2.05, 4.69) is 15.9 Å². The van der Waals surface area contributed by atoms with Crippen molar-refractivity contribution >= 4 is 23.1 Å². The van der Waals surface area contributed by atoms with E-state index in [0.29, 0.717) is 24.3 Å². The Morgan fingerprint density at radius 3 is 2.50 bits per heavy atom. The minimum absolute atomic E-state index is 0.114. The summed E-state index contributed by atoms with van der Waals surface area (Å²) in [7, 11) is 0. The number of Topliss-reactive ketones (excluding diaryl/α,β-unsaturated/α-hetero) is 1. The second-order valence-electron chi connectivity index (χ2n) is 7.03. The number of ether oxygens (including phenoxy) is 1. The molecule has 1 aliphatic heterocycles. The predicted molar refractivity (Wildman–Crippen MR) is 113 cm³/mol. The molecule has 1 aliphatic rings. The molecule has 0 saturated carbocycles. The second kappa shape index (κ2) is 9.92. The fourth-order valence-electron chi connectivity index (χ4n) is 3.35. The first-order valence-electron chi connectivity index (χ1n) is 9.72. The van der Waals surface area contributed by atoms with Crippen LogP contribution in [0.1, 0.15) is 23.7 Å². The van der Waals surface area contributed by atoms with E-state index in [1.165, 1.54) is 0 Å². The van der Waals surface area contributed by atoms with Crippen LogP contribution in [-0.2, 0) is 0 Å². The molecule has 0 aromatic heterocycles. The van der Waals surface area contributed by atoms with E-state index in [1.54, 1.807) is 24.3 Å². The predicted octanol–water partition coefficient (Wildman–Crippen LogP) is 3.49. The quantitative estimate of drug-likeness (QED) is 0.685. The molecule has 6 heteroatoms. The number of carbonyl (C=O) groups excluding carboxylic acids is 1. The van der Waals surface area contributed by atoms with Gasteiger partial charge in [-0.25, -0.2) is 0 Å². The van der Waals surface area contributed by atoms with Gasteiger partial charge < -0.3 is 14.7 Å². The molecule has 0 amide bonds. The van der Waals surface area contributed by atoms with Gasteiger partial charge in [-0.1, -0.05) is 24.6 Å². The topological polar surface area (TPSA) is 53.0 Å². The molecule has 0 bridgehead atoms. The lowest BCUT2D eigenvalue weighted by Crippen LogP contribution is -2.49. The molecule has 3 rings (SSSR count). The monoisotopic (exact) mass is 402 g/mol. The maximum atomic E-state index is 11.6. The van der Waals surface area contributed by atoms with Crippen molar-refractivity contribution in [3.8, 4) is 5.75 Å². The summed E-state index contributed by atoms with van der Waals surface area (Å²) < 4.78 is 5.67. The van der Waals surface area contributed by atoms with Crippen molar-refractivity contribution in [2.75, 3.05) is 44.2 Å². The number of nitrogens with zero attached hydrogens (tertiary/aromatic N) is 2. The molecule has 1 fully saturated rings. The zero-order chi connectivity index (χ0) is 19.9. The van der Waals surface area contributed by atoms with Gasteiger partial charge in [-0.05, 0) is 42.5 Å². The fourth-order valence-corrected chi connectivity index (χ4v) is 3.53. The Morgan fingerprint density at radius 1 is 1.14 bits per heavy atom. The van der Waals surface area contributed by atoms with Crippen molar-refractivity contribution in [1.29, 1.82) is 0 Å². The van der Waals surface area contributed by atoms with Crippen molar-refractivity contribution in [2.45, 2.75) is 19.4 Å².